The Hall–Kier alpha value is -2.10. The van der Waals surface area contributed by atoms with Crippen molar-refractivity contribution in [2.24, 2.45) is 0 Å². The first kappa shape index (κ1) is 38.1. The summed E-state index contributed by atoms with van der Waals surface area (Å²) in [6.07, 6.45) is 10.0. The predicted molar refractivity (Wildman–Crippen MR) is 183 cm³/mol. The summed E-state index contributed by atoms with van der Waals surface area (Å²) in [5.74, 6) is 0. The van der Waals surface area contributed by atoms with E-state index in [-0.39, 0.29) is 35.6 Å². The molecule has 0 N–H and O–H groups in total. The van der Waals surface area contributed by atoms with E-state index in [1.54, 1.807) is 0 Å². The molecule has 0 radical (unpaired) electrons. The molecule has 5 aromatic carbocycles. The summed E-state index contributed by atoms with van der Waals surface area (Å²) in [4.78, 5) is 0. The van der Waals surface area contributed by atoms with Crippen LogP contribution in [-0.4, -0.2) is 5.49 Å². The SMILES string of the molecule is Cc1cc2[cH-]c3cc(C)c(C(C)(C)C)cc3c2cc1C(C)(C)C.[C-]1=CC=CC1.[Cl-].[Cl-].[Hf+2]=[Si](c1ccccc1)c1ccccc1. The van der Waals surface area contributed by atoms with E-state index in [1.165, 1.54) is 77.2 Å². The molecule has 4 heteroatoms. The van der Waals surface area contributed by atoms with Crippen LogP contribution in [0.15, 0.2) is 109 Å². The molecular formula is C40H44Cl2HfSi-2. The fourth-order valence-corrected chi connectivity index (χ4v) is 10.6. The summed E-state index contributed by atoms with van der Waals surface area (Å²) < 4.78 is 0. The minimum absolute atomic E-state index is 0. The normalized spacial score (nSPS) is 12.0. The second-order valence-electron chi connectivity index (χ2n) is 13.3. The van der Waals surface area contributed by atoms with E-state index in [1.807, 2.05) is 12.2 Å². The summed E-state index contributed by atoms with van der Waals surface area (Å²) in [5.41, 5.74) is 5.65. The molecule has 0 atom stereocenters. The van der Waals surface area contributed by atoms with Gasteiger partial charge in [0.1, 0.15) is 0 Å². The van der Waals surface area contributed by atoms with Crippen molar-refractivity contribution in [1.82, 2.24) is 0 Å². The van der Waals surface area contributed by atoms with E-state index in [2.05, 4.69) is 159 Å². The first-order valence-corrected chi connectivity index (χ1v) is 21.8. The van der Waals surface area contributed by atoms with Crippen molar-refractivity contribution in [3.8, 4) is 0 Å². The Morgan fingerprint density at radius 2 is 1.07 bits per heavy atom. The maximum absolute atomic E-state index is 2.99. The second-order valence-corrected chi connectivity index (χ2v) is 20.6. The van der Waals surface area contributed by atoms with Gasteiger partial charge in [-0.25, -0.2) is 12.2 Å². The first-order valence-electron chi connectivity index (χ1n) is 14.9. The summed E-state index contributed by atoms with van der Waals surface area (Å²) in [6.45, 7) is 18.3. The van der Waals surface area contributed by atoms with E-state index >= 15 is 0 Å². The Morgan fingerprint density at radius 1 is 0.659 bits per heavy atom. The third-order valence-corrected chi connectivity index (χ3v) is 15.8. The molecule has 6 rings (SSSR count). The standard InChI is InChI=1S/C23H29.C12H10Si.C5H5.2ClH.Hf/c1-14-9-16-11-17-10-15(2)21(23(6,7)8)13-19(17)18(16)12-20(14)22(3,4)5;1-3-7-11(8-4-1)13-12-9-5-2-6-10-12;1-2-4-5-3-1;;;/h9-13H,1-8H3;1-10H;1-3H,4H2;2*1H;/q-1;;-1;;;+2/p-2. The third kappa shape index (κ3) is 9.70. The molecule has 228 valence electrons. The number of fused-ring (bicyclic) bond motifs is 3. The van der Waals surface area contributed by atoms with Crippen molar-refractivity contribution in [2.75, 3.05) is 0 Å². The van der Waals surface area contributed by atoms with Crippen LogP contribution in [0.25, 0.3) is 21.5 Å². The van der Waals surface area contributed by atoms with E-state index in [0.717, 1.165) is 6.42 Å². The molecule has 1 aliphatic rings. The van der Waals surface area contributed by atoms with Crippen LogP contribution in [0.2, 0.25) is 0 Å². The molecule has 5 aromatic rings. The van der Waals surface area contributed by atoms with Gasteiger partial charge < -0.3 is 24.8 Å². The van der Waals surface area contributed by atoms with Gasteiger partial charge in [0, 0.05) is 0 Å². The molecule has 0 spiro atoms. The van der Waals surface area contributed by atoms with Crippen molar-refractivity contribution in [3.05, 3.63) is 138 Å². The topological polar surface area (TPSA) is 0 Å². The molecule has 0 saturated heterocycles. The molecular weight excluding hydrogens is 758 g/mol. The van der Waals surface area contributed by atoms with Crippen LogP contribution in [0, 0.1) is 19.9 Å². The van der Waals surface area contributed by atoms with Crippen molar-refractivity contribution >= 4 is 37.4 Å². The van der Waals surface area contributed by atoms with Gasteiger partial charge >= 0.3 is 99.5 Å². The Morgan fingerprint density at radius 3 is 1.36 bits per heavy atom. The number of allylic oxidation sites excluding steroid dienone is 4. The van der Waals surface area contributed by atoms with Gasteiger partial charge in [0.2, 0.25) is 0 Å². The van der Waals surface area contributed by atoms with Crippen molar-refractivity contribution in [1.29, 1.82) is 0 Å². The molecule has 0 amide bonds. The van der Waals surface area contributed by atoms with Crippen molar-refractivity contribution in [3.63, 3.8) is 0 Å². The maximum atomic E-state index is 2.99. The van der Waals surface area contributed by atoms with Crippen LogP contribution in [0.1, 0.15) is 70.2 Å². The van der Waals surface area contributed by atoms with Crippen LogP contribution < -0.4 is 35.2 Å². The van der Waals surface area contributed by atoms with Crippen molar-refractivity contribution < 1.29 is 47.8 Å². The molecule has 0 saturated carbocycles. The summed E-state index contributed by atoms with van der Waals surface area (Å²) in [7, 11) is 0. The van der Waals surface area contributed by atoms with Gasteiger partial charge in [0.25, 0.3) is 0 Å². The summed E-state index contributed by atoms with van der Waals surface area (Å²) in [6, 6.07) is 33.7. The zero-order chi connectivity index (χ0) is 30.5. The zero-order valence-electron chi connectivity index (χ0n) is 27.4. The second kappa shape index (κ2) is 16.5. The molecule has 0 unspecified atom stereocenters. The molecule has 0 aromatic heterocycles. The average molecular weight is 802 g/mol. The predicted octanol–water partition coefficient (Wildman–Crippen LogP) is 3.58. The molecule has 44 heavy (non-hydrogen) atoms. The van der Waals surface area contributed by atoms with Crippen LogP contribution in [-0.2, 0) is 33.8 Å². The number of hydrogen-bond donors (Lipinski definition) is 0. The van der Waals surface area contributed by atoms with Gasteiger partial charge in [0.05, 0.1) is 0 Å². The minimum atomic E-state index is -0.406. The van der Waals surface area contributed by atoms with Gasteiger partial charge in [0.15, 0.2) is 0 Å². The van der Waals surface area contributed by atoms with Gasteiger partial charge in [-0.15, -0.1) is 46.2 Å². The van der Waals surface area contributed by atoms with Gasteiger partial charge in [-0.3, -0.25) is 6.08 Å². The number of rotatable bonds is 2. The molecule has 1 aliphatic carbocycles. The molecule has 0 fully saturated rings. The van der Waals surface area contributed by atoms with Gasteiger partial charge in [-0.05, 0) is 24.7 Å². The van der Waals surface area contributed by atoms with E-state index in [4.69, 9.17) is 0 Å². The Balaban J connectivity index is 0.000000273. The van der Waals surface area contributed by atoms with Gasteiger partial charge in [-0.1, -0.05) is 75.9 Å². The molecule has 0 heterocycles. The summed E-state index contributed by atoms with van der Waals surface area (Å²) in [5, 5.41) is 8.62. The Kier molecular flexibility index (Phi) is 14.2. The first-order chi connectivity index (χ1) is 19.9. The van der Waals surface area contributed by atoms with E-state index < -0.39 is 5.49 Å². The van der Waals surface area contributed by atoms with Crippen LogP contribution in [0.5, 0.6) is 0 Å². The van der Waals surface area contributed by atoms with E-state index in [0.29, 0.717) is 0 Å². The number of benzene rings is 4. The monoisotopic (exact) mass is 802 g/mol. The number of halogens is 2. The van der Waals surface area contributed by atoms with E-state index in [9.17, 15) is 0 Å². The van der Waals surface area contributed by atoms with Crippen LogP contribution in [0.4, 0.5) is 0 Å². The average Bonchev–Trinajstić information content (AvgIpc) is 3.63. The fourth-order valence-electron chi connectivity index (χ4n) is 5.67. The van der Waals surface area contributed by atoms with Gasteiger partial charge in [-0.2, -0.15) is 6.08 Å². The molecule has 0 nitrogen and oxygen atoms in total. The van der Waals surface area contributed by atoms with Crippen LogP contribution >= 0.6 is 0 Å². The summed E-state index contributed by atoms with van der Waals surface area (Å²) >= 11 is 1.27. The zero-order valence-corrected chi connectivity index (χ0v) is 33.5. The fraction of sp³-hybridized carbons (Fsp3) is 0.275. The van der Waals surface area contributed by atoms with Crippen molar-refractivity contribution in [2.45, 2.75) is 72.6 Å². The quantitative estimate of drug-likeness (QED) is 0.190. The number of hydrogen-bond acceptors (Lipinski definition) is 0. The Bertz CT molecular complexity index is 1610. The third-order valence-electron chi connectivity index (χ3n) is 7.72. The molecule has 0 bridgehead atoms. The van der Waals surface area contributed by atoms with Crippen LogP contribution in [0.3, 0.4) is 0 Å². The number of aryl methyl sites for hydroxylation is 2. The Labute approximate surface area is 293 Å². The molecule has 0 aliphatic heterocycles.